The topological polar surface area (TPSA) is 61.8 Å². The van der Waals surface area contributed by atoms with E-state index in [1.807, 2.05) is 16.8 Å². The standard InChI is InChI=1S/C10H16N2O3S/c1-12(5-9(13)6-15-2)10(14)11-8-3-4-16-7-8/h3-4,7,9,13H,5-6H2,1-2H3,(H,11,14). The van der Waals surface area contributed by atoms with Crippen LogP contribution in [0.25, 0.3) is 0 Å². The van der Waals surface area contributed by atoms with Gasteiger partial charge in [0.15, 0.2) is 0 Å². The number of carbonyl (C=O) groups excluding carboxylic acids is 1. The van der Waals surface area contributed by atoms with Crippen LogP contribution in [0.4, 0.5) is 10.5 Å². The molecule has 0 bridgehead atoms. The van der Waals surface area contributed by atoms with Crippen molar-refractivity contribution < 1.29 is 14.6 Å². The van der Waals surface area contributed by atoms with Gasteiger partial charge in [0.1, 0.15) is 0 Å². The number of aliphatic hydroxyl groups excluding tert-OH is 1. The number of carbonyl (C=O) groups is 1. The number of methoxy groups -OCH3 is 1. The largest absolute Gasteiger partial charge is 0.389 e. The lowest BCUT2D eigenvalue weighted by molar-refractivity contribution is 0.0501. The summed E-state index contributed by atoms with van der Waals surface area (Å²) in [7, 11) is 3.13. The molecule has 1 aromatic rings. The first kappa shape index (κ1) is 13.0. The molecule has 1 rings (SSSR count). The van der Waals surface area contributed by atoms with Gasteiger partial charge in [-0.1, -0.05) is 0 Å². The molecule has 0 aromatic carbocycles. The van der Waals surface area contributed by atoms with E-state index in [1.54, 1.807) is 7.05 Å². The maximum absolute atomic E-state index is 11.6. The maximum atomic E-state index is 11.6. The average Bonchev–Trinajstić information content (AvgIpc) is 2.70. The SMILES string of the molecule is COCC(O)CN(C)C(=O)Nc1ccsc1. The predicted molar refractivity (Wildman–Crippen MR) is 63.9 cm³/mol. The van der Waals surface area contributed by atoms with Crippen molar-refractivity contribution in [2.24, 2.45) is 0 Å². The Morgan fingerprint density at radius 1 is 1.75 bits per heavy atom. The maximum Gasteiger partial charge on any atom is 0.321 e. The second kappa shape index (κ2) is 6.47. The van der Waals surface area contributed by atoms with Crippen LogP contribution in [0.15, 0.2) is 16.8 Å². The molecule has 0 radical (unpaired) electrons. The highest BCUT2D eigenvalue weighted by molar-refractivity contribution is 7.08. The number of hydrogen-bond donors (Lipinski definition) is 2. The Hall–Kier alpha value is -1.11. The number of hydrogen-bond acceptors (Lipinski definition) is 4. The number of thiophene rings is 1. The fourth-order valence-corrected chi connectivity index (χ4v) is 1.79. The van der Waals surface area contributed by atoms with Gasteiger partial charge in [-0.3, -0.25) is 0 Å². The lowest BCUT2D eigenvalue weighted by atomic mass is 10.3. The van der Waals surface area contributed by atoms with E-state index < -0.39 is 6.10 Å². The van der Waals surface area contributed by atoms with Crippen molar-refractivity contribution in [1.82, 2.24) is 4.90 Å². The van der Waals surface area contributed by atoms with E-state index in [4.69, 9.17) is 4.74 Å². The number of ether oxygens (including phenoxy) is 1. The molecule has 5 nitrogen and oxygen atoms in total. The van der Waals surface area contributed by atoms with Crippen LogP contribution in [0.5, 0.6) is 0 Å². The highest BCUT2D eigenvalue weighted by Gasteiger charge is 2.13. The molecule has 1 atom stereocenters. The van der Waals surface area contributed by atoms with E-state index >= 15 is 0 Å². The smallest absolute Gasteiger partial charge is 0.321 e. The Kier molecular flexibility index (Phi) is 5.24. The van der Waals surface area contributed by atoms with E-state index in [0.717, 1.165) is 5.69 Å². The minimum atomic E-state index is -0.664. The predicted octanol–water partition coefficient (Wildman–Crippen LogP) is 1.22. The molecule has 90 valence electrons. The summed E-state index contributed by atoms with van der Waals surface area (Å²) in [5.74, 6) is 0. The summed E-state index contributed by atoms with van der Waals surface area (Å²) in [6.45, 7) is 0.458. The first-order valence-corrected chi connectivity index (χ1v) is 5.79. The van der Waals surface area contributed by atoms with Crippen molar-refractivity contribution >= 4 is 23.1 Å². The summed E-state index contributed by atoms with van der Waals surface area (Å²) in [6.07, 6.45) is -0.664. The quantitative estimate of drug-likeness (QED) is 0.818. The molecular formula is C10H16N2O3S. The Balaban J connectivity index is 2.36. The van der Waals surface area contributed by atoms with E-state index in [0.29, 0.717) is 0 Å². The Morgan fingerprint density at radius 3 is 3.06 bits per heavy atom. The molecule has 0 aliphatic carbocycles. The highest BCUT2D eigenvalue weighted by atomic mass is 32.1. The number of rotatable bonds is 5. The van der Waals surface area contributed by atoms with Gasteiger partial charge in [-0.2, -0.15) is 11.3 Å². The van der Waals surface area contributed by atoms with Gasteiger partial charge in [0.2, 0.25) is 0 Å². The van der Waals surface area contributed by atoms with E-state index in [1.165, 1.54) is 23.3 Å². The van der Waals surface area contributed by atoms with Crippen molar-refractivity contribution in [3.05, 3.63) is 16.8 Å². The lowest BCUT2D eigenvalue weighted by Crippen LogP contribution is -2.38. The van der Waals surface area contributed by atoms with Crippen LogP contribution in [0.2, 0.25) is 0 Å². The van der Waals surface area contributed by atoms with Gasteiger partial charge in [0.25, 0.3) is 0 Å². The molecule has 1 aromatic heterocycles. The van der Waals surface area contributed by atoms with Gasteiger partial charge in [-0.25, -0.2) is 4.79 Å². The number of nitrogens with zero attached hydrogens (tertiary/aromatic N) is 1. The third kappa shape index (κ3) is 4.18. The van der Waals surface area contributed by atoms with Crippen molar-refractivity contribution in [3.63, 3.8) is 0 Å². The fraction of sp³-hybridized carbons (Fsp3) is 0.500. The van der Waals surface area contributed by atoms with Gasteiger partial charge in [0.05, 0.1) is 24.9 Å². The first-order chi connectivity index (χ1) is 7.63. The molecular weight excluding hydrogens is 228 g/mol. The first-order valence-electron chi connectivity index (χ1n) is 4.84. The third-order valence-electron chi connectivity index (χ3n) is 1.96. The summed E-state index contributed by atoms with van der Waals surface area (Å²) in [4.78, 5) is 13.0. The van der Waals surface area contributed by atoms with Crippen molar-refractivity contribution in [3.8, 4) is 0 Å². The van der Waals surface area contributed by atoms with Crippen LogP contribution in [0, 0.1) is 0 Å². The van der Waals surface area contributed by atoms with Crippen LogP contribution >= 0.6 is 11.3 Å². The number of aliphatic hydroxyl groups is 1. The molecule has 1 heterocycles. The molecule has 0 saturated heterocycles. The second-order valence-electron chi connectivity index (χ2n) is 3.43. The summed E-state index contributed by atoms with van der Waals surface area (Å²) < 4.78 is 4.78. The van der Waals surface area contributed by atoms with Gasteiger partial charge in [0, 0.05) is 19.5 Å². The monoisotopic (exact) mass is 244 g/mol. The number of urea groups is 1. The zero-order valence-electron chi connectivity index (χ0n) is 9.34. The van der Waals surface area contributed by atoms with Gasteiger partial charge < -0.3 is 20.1 Å². The van der Waals surface area contributed by atoms with Crippen LogP contribution < -0.4 is 5.32 Å². The molecule has 6 heteroatoms. The number of likely N-dealkylation sites (N-methyl/N-ethyl adjacent to an activating group) is 1. The van der Waals surface area contributed by atoms with Crippen LogP contribution in [-0.4, -0.2) is 49.5 Å². The molecule has 0 aliphatic rings. The number of nitrogens with one attached hydrogen (secondary N) is 1. The normalized spacial score (nSPS) is 12.2. The summed E-state index contributed by atoms with van der Waals surface area (Å²) in [6, 6.07) is 1.58. The van der Waals surface area contributed by atoms with Crippen molar-refractivity contribution in [2.45, 2.75) is 6.10 Å². The van der Waals surface area contributed by atoms with Gasteiger partial charge in [-0.15, -0.1) is 0 Å². The molecule has 0 spiro atoms. The zero-order valence-corrected chi connectivity index (χ0v) is 10.2. The summed E-state index contributed by atoms with van der Waals surface area (Å²) in [5.41, 5.74) is 0.767. The minimum Gasteiger partial charge on any atom is -0.389 e. The molecule has 0 saturated carbocycles. The third-order valence-corrected chi connectivity index (χ3v) is 2.65. The van der Waals surface area contributed by atoms with E-state index in [-0.39, 0.29) is 19.2 Å². The highest BCUT2D eigenvalue weighted by Crippen LogP contribution is 2.12. The van der Waals surface area contributed by atoms with Crippen molar-refractivity contribution in [2.75, 3.05) is 32.6 Å². The van der Waals surface area contributed by atoms with E-state index in [9.17, 15) is 9.90 Å². The van der Waals surface area contributed by atoms with Crippen LogP contribution in [0.3, 0.4) is 0 Å². The zero-order chi connectivity index (χ0) is 12.0. The average molecular weight is 244 g/mol. The molecule has 0 aliphatic heterocycles. The Bertz CT molecular complexity index is 316. The fourth-order valence-electron chi connectivity index (χ4n) is 1.20. The minimum absolute atomic E-state index is 0.218. The van der Waals surface area contributed by atoms with Crippen LogP contribution in [-0.2, 0) is 4.74 Å². The van der Waals surface area contributed by atoms with Gasteiger partial charge in [-0.05, 0) is 11.4 Å². The number of amides is 2. The van der Waals surface area contributed by atoms with Crippen LogP contribution in [0.1, 0.15) is 0 Å². The second-order valence-corrected chi connectivity index (χ2v) is 4.21. The number of anilines is 1. The van der Waals surface area contributed by atoms with Gasteiger partial charge >= 0.3 is 6.03 Å². The summed E-state index contributed by atoms with van der Waals surface area (Å²) >= 11 is 1.51. The lowest BCUT2D eigenvalue weighted by Gasteiger charge is -2.20. The molecule has 0 fully saturated rings. The summed E-state index contributed by atoms with van der Waals surface area (Å²) in [5, 5.41) is 15.9. The van der Waals surface area contributed by atoms with Crippen molar-refractivity contribution in [1.29, 1.82) is 0 Å². The molecule has 1 unspecified atom stereocenters. The van der Waals surface area contributed by atoms with E-state index in [2.05, 4.69) is 5.32 Å². The molecule has 2 amide bonds. The molecule has 2 N–H and O–H groups in total. The Morgan fingerprint density at radius 2 is 2.50 bits per heavy atom. The Labute approximate surface area is 98.6 Å². The molecule has 16 heavy (non-hydrogen) atoms.